The third-order valence-electron chi connectivity index (χ3n) is 3.60. The summed E-state index contributed by atoms with van der Waals surface area (Å²) in [5, 5.41) is 0. The Morgan fingerprint density at radius 1 is 1.22 bits per heavy atom. The van der Waals surface area contributed by atoms with Gasteiger partial charge >= 0.3 is 5.97 Å². The molecule has 1 aromatic rings. The molecular weight excluding hydrogens is 226 g/mol. The van der Waals surface area contributed by atoms with Crippen molar-refractivity contribution in [3.63, 3.8) is 0 Å². The maximum Gasteiger partial charge on any atom is 0.307 e. The molecule has 1 aliphatic rings. The number of benzene rings is 1. The van der Waals surface area contributed by atoms with E-state index in [4.69, 9.17) is 4.74 Å². The first-order valence-corrected chi connectivity index (χ1v) is 6.67. The molecule has 1 atom stereocenters. The zero-order valence-corrected chi connectivity index (χ0v) is 11.0. The van der Waals surface area contributed by atoms with Crippen molar-refractivity contribution < 1.29 is 9.53 Å². The second-order valence-electron chi connectivity index (χ2n) is 4.80. The lowest BCUT2D eigenvalue weighted by Crippen LogP contribution is -2.35. The molecule has 1 heterocycles. The Kier molecular flexibility index (Phi) is 4.76. The maximum atomic E-state index is 11.6. The van der Waals surface area contributed by atoms with Crippen LogP contribution in [0.4, 0.5) is 0 Å². The van der Waals surface area contributed by atoms with Gasteiger partial charge in [0.2, 0.25) is 0 Å². The number of esters is 1. The standard InChI is InChI=1S/C15H21NO2/c1-18-15(17)12-14(13-8-4-2-5-9-13)16-10-6-3-7-11-16/h2,4-5,8-9,14H,3,6-7,10-12H2,1H3. The molecule has 1 fully saturated rings. The van der Waals surface area contributed by atoms with E-state index in [0.29, 0.717) is 6.42 Å². The van der Waals surface area contributed by atoms with Crippen molar-refractivity contribution in [2.75, 3.05) is 20.2 Å². The molecule has 3 heteroatoms. The lowest BCUT2D eigenvalue weighted by atomic mass is 9.99. The Morgan fingerprint density at radius 2 is 1.89 bits per heavy atom. The molecule has 18 heavy (non-hydrogen) atoms. The maximum absolute atomic E-state index is 11.6. The van der Waals surface area contributed by atoms with Crippen molar-refractivity contribution in [2.24, 2.45) is 0 Å². The van der Waals surface area contributed by atoms with Crippen LogP contribution in [0.15, 0.2) is 30.3 Å². The number of nitrogens with zero attached hydrogens (tertiary/aromatic N) is 1. The first-order valence-electron chi connectivity index (χ1n) is 6.67. The van der Waals surface area contributed by atoms with Gasteiger partial charge in [-0.1, -0.05) is 36.8 Å². The van der Waals surface area contributed by atoms with E-state index in [1.807, 2.05) is 18.2 Å². The van der Waals surface area contributed by atoms with Gasteiger partial charge in [0.15, 0.2) is 0 Å². The lowest BCUT2D eigenvalue weighted by Gasteiger charge is -2.34. The average Bonchev–Trinajstić information content (AvgIpc) is 2.46. The van der Waals surface area contributed by atoms with Crippen LogP contribution in [0.3, 0.4) is 0 Å². The van der Waals surface area contributed by atoms with Gasteiger partial charge in [0.25, 0.3) is 0 Å². The summed E-state index contributed by atoms with van der Waals surface area (Å²) in [6, 6.07) is 10.4. The van der Waals surface area contributed by atoms with E-state index in [2.05, 4.69) is 17.0 Å². The highest BCUT2D eigenvalue weighted by molar-refractivity contribution is 5.70. The molecule has 1 saturated heterocycles. The van der Waals surface area contributed by atoms with Crippen LogP contribution in [0.5, 0.6) is 0 Å². The van der Waals surface area contributed by atoms with Crippen molar-refractivity contribution in [3.8, 4) is 0 Å². The third kappa shape index (κ3) is 3.33. The van der Waals surface area contributed by atoms with E-state index in [1.165, 1.54) is 31.9 Å². The molecule has 0 amide bonds. The van der Waals surface area contributed by atoms with Gasteiger partial charge in [-0.05, 0) is 31.5 Å². The molecule has 0 bridgehead atoms. The zero-order valence-electron chi connectivity index (χ0n) is 11.0. The molecule has 1 aliphatic heterocycles. The molecule has 0 aliphatic carbocycles. The topological polar surface area (TPSA) is 29.5 Å². The van der Waals surface area contributed by atoms with Gasteiger partial charge < -0.3 is 4.74 Å². The molecule has 1 aromatic carbocycles. The number of hydrogen-bond acceptors (Lipinski definition) is 3. The van der Waals surface area contributed by atoms with Gasteiger partial charge in [-0.15, -0.1) is 0 Å². The van der Waals surface area contributed by atoms with Crippen LogP contribution in [0, 0.1) is 0 Å². The van der Waals surface area contributed by atoms with E-state index in [9.17, 15) is 4.79 Å². The van der Waals surface area contributed by atoms with Gasteiger partial charge in [0, 0.05) is 6.04 Å². The van der Waals surface area contributed by atoms with Crippen molar-refractivity contribution in [1.82, 2.24) is 4.90 Å². The Balaban J connectivity index is 2.14. The second kappa shape index (κ2) is 6.55. The van der Waals surface area contributed by atoms with Gasteiger partial charge in [0.1, 0.15) is 0 Å². The molecular formula is C15H21NO2. The number of piperidine rings is 1. The normalized spacial score (nSPS) is 18.3. The summed E-state index contributed by atoms with van der Waals surface area (Å²) in [5.74, 6) is -0.130. The van der Waals surface area contributed by atoms with Crippen LogP contribution in [-0.4, -0.2) is 31.1 Å². The monoisotopic (exact) mass is 247 g/mol. The molecule has 2 rings (SSSR count). The highest BCUT2D eigenvalue weighted by Gasteiger charge is 2.24. The number of carbonyl (C=O) groups excluding carboxylic acids is 1. The summed E-state index contributed by atoms with van der Waals surface area (Å²) < 4.78 is 4.83. The fourth-order valence-corrected chi connectivity index (χ4v) is 2.60. The Hall–Kier alpha value is -1.35. The largest absolute Gasteiger partial charge is 0.469 e. The highest BCUT2D eigenvalue weighted by Crippen LogP contribution is 2.27. The number of ether oxygens (including phenoxy) is 1. The van der Waals surface area contributed by atoms with Crippen molar-refractivity contribution in [2.45, 2.75) is 31.7 Å². The van der Waals surface area contributed by atoms with E-state index in [-0.39, 0.29) is 12.0 Å². The predicted molar refractivity (Wildman–Crippen MR) is 71.2 cm³/mol. The number of rotatable bonds is 4. The van der Waals surface area contributed by atoms with Gasteiger partial charge in [-0.3, -0.25) is 9.69 Å². The lowest BCUT2D eigenvalue weighted by molar-refractivity contribution is -0.142. The van der Waals surface area contributed by atoms with Crippen molar-refractivity contribution >= 4 is 5.97 Å². The van der Waals surface area contributed by atoms with E-state index < -0.39 is 0 Å². The molecule has 0 N–H and O–H groups in total. The summed E-state index contributed by atoms with van der Waals surface area (Å²) in [6.07, 6.45) is 4.20. The van der Waals surface area contributed by atoms with Gasteiger partial charge in [-0.25, -0.2) is 0 Å². The fraction of sp³-hybridized carbons (Fsp3) is 0.533. The first kappa shape index (κ1) is 13.1. The summed E-state index contributed by atoms with van der Waals surface area (Å²) in [4.78, 5) is 14.0. The summed E-state index contributed by atoms with van der Waals surface area (Å²) in [6.45, 7) is 2.16. The summed E-state index contributed by atoms with van der Waals surface area (Å²) in [5.41, 5.74) is 1.21. The number of hydrogen-bond donors (Lipinski definition) is 0. The molecule has 1 unspecified atom stereocenters. The molecule has 0 radical (unpaired) electrons. The highest BCUT2D eigenvalue weighted by atomic mass is 16.5. The van der Waals surface area contributed by atoms with E-state index in [0.717, 1.165) is 13.1 Å². The summed E-state index contributed by atoms with van der Waals surface area (Å²) >= 11 is 0. The first-order chi connectivity index (χ1) is 8.81. The fourth-order valence-electron chi connectivity index (χ4n) is 2.60. The van der Waals surface area contributed by atoms with Crippen LogP contribution in [0.1, 0.15) is 37.3 Å². The third-order valence-corrected chi connectivity index (χ3v) is 3.60. The molecule has 0 saturated carbocycles. The van der Waals surface area contributed by atoms with Crippen LogP contribution >= 0.6 is 0 Å². The Bertz CT molecular complexity index is 371. The van der Waals surface area contributed by atoms with E-state index in [1.54, 1.807) is 0 Å². The SMILES string of the molecule is COC(=O)CC(c1ccccc1)N1CCCCC1. The van der Waals surface area contributed by atoms with Crippen LogP contribution in [0.2, 0.25) is 0 Å². The Labute approximate surface area is 109 Å². The van der Waals surface area contributed by atoms with Gasteiger partial charge in [-0.2, -0.15) is 0 Å². The zero-order chi connectivity index (χ0) is 12.8. The van der Waals surface area contributed by atoms with Crippen LogP contribution in [-0.2, 0) is 9.53 Å². The predicted octanol–water partition coefficient (Wildman–Crippen LogP) is 2.78. The molecule has 98 valence electrons. The number of carbonyl (C=O) groups is 1. The van der Waals surface area contributed by atoms with E-state index >= 15 is 0 Å². The number of methoxy groups -OCH3 is 1. The number of likely N-dealkylation sites (tertiary alicyclic amines) is 1. The second-order valence-corrected chi connectivity index (χ2v) is 4.80. The average molecular weight is 247 g/mol. The molecule has 0 aromatic heterocycles. The smallest absolute Gasteiger partial charge is 0.307 e. The van der Waals surface area contributed by atoms with Crippen LogP contribution < -0.4 is 0 Å². The van der Waals surface area contributed by atoms with Gasteiger partial charge in [0.05, 0.1) is 13.5 Å². The quantitative estimate of drug-likeness (QED) is 0.766. The minimum Gasteiger partial charge on any atom is -0.469 e. The van der Waals surface area contributed by atoms with Crippen molar-refractivity contribution in [1.29, 1.82) is 0 Å². The minimum atomic E-state index is -0.130. The van der Waals surface area contributed by atoms with Crippen molar-refractivity contribution in [3.05, 3.63) is 35.9 Å². The summed E-state index contributed by atoms with van der Waals surface area (Å²) in [7, 11) is 1.46. The molecule has 0 spiro atoms. The minimum absolute atomic E-state index is 0.130. The van der Waals surface area contributed by atoms with Crippen LogP contribution in [0.25, 0.3) is 0 Å². The molecule has 3 nitrogen and oxygen atoms in total. The Morgan fingerprint density at radius 3 is 2.50 bits per heavy atom.